The summed E-state index contributed by atoms with van der Waals surface area (Å²) in [6.45, 7) is 9.71. The Bertz CT molecular complexity index is 403. The van der Waals surface area contributed by atoms with Gasteiger partial charge in [0.05, 0.1) is 6.61 Å². The molecule has 0 aliphatic heterocycles. The fraction of sp³-hybridized carbons (Fsp3) is 0.812. The number of oxime groups is 1. The second kappa shape index (κ2) is 8.15. The molecule has 1 saturated carbocycles. The van der Waals surface area contributed by atoms with E-state index in [-0.39, 0.29) is 18.4 Å². The first-order valence-electron chi connectivity index (χ1n) is 7.78. The van der Waals surface area contributed by atoms with Crippen LogP contribution in [0.3, 0.4) is 0 Å². The fourth-order valence-electron chi connectivity index (χ4n) is 2.80. The van der Waals surface area contributed by atoms with Crippen LogP contribution < -0.4 is 0 Å². The van der Waals surface area contributed by atoms with Crippen molar-refractivity contribution in [2.75, 3.05) is 6.61 Å². The largest absolute Gasteiger partial charge is 0.461 e. The SMILES string of the molecule is CCOC(=O)/C(=N\O[C@@H]1C[C@@H](C)CC[C@@H]1C(C)C)C(C)=O. The topological polar surface area (TPSA) is 65.0 Å². The van der Waals surface area contributed by atoms with Crippen LogP contribution in [0, 0.1) is 17.8 Å². The molecule has 5 nitrogen and oxygen atoms in total. The van der Waals surface area contributed by atoms with Crippen molar-refractivity contribution < 1.29 is 19.2 Å². The molecule has 0 amide bonds. The van der Waals surface area contributed by atoms with E-state index in [4.69, 9.17) is 9.57 Å². The van der Waals surface area contributed by atoms with Crippen LogP contribution in [0.5, 0.6) is 0 Å². The van der Waals surface area contributed by atoms with Crippen molar-refractivity contribution in [3.05, 3.63) is 0 Å². The summed E-state index contributed by atoms with van der Waals surface area (Å²) in [5.41, 5.74) is -0.252. The third-order valence-corrected chi connectivity index (χ3v) is 4.04. The Balaban J connectivity index is 2.81. The van der Waals surface area contributed by atoms with Crippen molar-refractivity contribution in [2.45, 2.75) is 60.0 Å². The van der Waals surface area contributed by atoms with Crippen LogP contribution >= 0.6 is 0 Å². The Kier molecular flexibility index (Phi) is 6.85. The molecule has 0 aromatic rings. The van der Waals surface area contributed by atoms with Gasteiger partial charge in [-0.15, -0.1) is 0 Å². The van der Waals surface area contributed by atoms with Gasteiger partial charge in [0.2, 0.25) is 5.71 Å². The molecule has 0 spiro atoms. The highest BCUT2D eigenvalue weighted by atomic mass is 16.6. The molecule has 1 aliphatic rings. The van der Waals surface area contributed by atoms with E-state index in [0.29, 0.717) is 17.8 Å². The predicted molar refractivity (Wildman–Crippen MR) is 81.0 cm³/mol. The first-order valence-corrected chi connectivity index (χ1v) is 7.78. The molecule has 0 bridgehead atoms. The minimum absolute atomic E-state index is 0.0440. The smallest absolute Gasteiger partial charge is 0.364 e. The molecular weight excluding hydrogens is 270 g/mol. The molecule has 21 heavy (non-hydrogen) atoms. The summed E-state index contributed by atoms with van der Waals surface area (Å²) in [7, 11) is 0. The first-order chi connectivity index (χ1) is 9.86. The Morgan fingerprint density at radius 3 is 2.48 bits per heavy atom. The molecule has 1 rings (SSSR count). The minimum atomic E-state index is -0.713. The molecule has 120 valence electrons. The van der Waals surface area contributed by atoms with E-state index in [1.54, 1.807) is 6.92 Å². The van der Waals surface area contributed by atoms with Gasteiger partial charge in [-0.3, -0.25) is 4.79 Å². The lowest BCUT2D eigenvalue weighted by molar-refractivity contribution is -0.136. The van der Waals surface area contributed by atoms with E-state index in [0.717, 1.165) is 12.8 Å². The Hall–Kier alpha value is -1.39. The van der Waals surface area contributed by atoms with Crippen LogP contribution in [0.1, 0.15) is 53.9 Å². The highest BCUT2D eigenvalue weighted by Crippen LogP contribution is 2.35. The fourth-order valence-corrected chi connectivity index (χ4v) is 2.80. The average Bonchev–Trinajstić information content (AvgIpc) is 2.38. The number of ether oxygens (including phenoxy) is 1. The summed E-state index contributed by atoms with van der Waals surface area (Å²) in [4.78, 5) is 28.8. The lowest BCUT2D eigenvalue weighted by atomic mass is 9.75. The van der Waals surface area contributed by atoms with E-state index in [9.17, 15) is 9.59 Å². The molecule has 5 heteroatoms. The number of hydrogen-bond acceptors (Lipinski definition) is 5. The van der Waals surface area contributed by atoms with E-state index in [2.05, 4.69) is 25.9 Å². The van der Waals surface area contributed by atoms with E-state index in [1.165, 1.54) is 13.3 Å². The molecule has 1 fully saturated rings. The third kappa shape index (κ3) is 5.14. The number of hydrogen-bond donors (Lipinski definition) is 0. The Labute approximate surface area is 127 Å². The Morgan fingerprint density at radius 2 is 1.95 bits per heavy atom. The van der Waals surface area contributed by atoms with Gasteiger partial charge in [0.25, 0.3) is 0 Å². The van der Waals surface area contributed by atoms with Crippen LogP contribution in [0.4, 0.5) is 0 Å². The molecule has 3 atom stereocenters. The van der Waals surface area contributed by atoms with Gasteiger partial charge in [-0.2, -0.15) is 0 Å². The van der Waals surface area contributed by atoms with Crippen molar-refractivity contribution in [1.82, 2.24) is 0 Å². The standard InChI is InChI=1S/C16H27NO4/c1-6-20-16(19)15(12(5)18)17-21-14-9-11(4)7-8-13(14)10(2)3/h10-11,13-14H,6-9H2,1-5H3/b17-15-/t11-,13+,14+/m0/s1. The molecule has 1 aliphatic carbocycles. The van der Waals surface area contributed by atoms with Crippen LogP contribution in [-0.2, 0) is 19.2 Å². The van der Waals surface area contributed by atoms with Gasteiger partial charge in [0.1, 0.15) is 6.10 Å². The van der Waals surface area contributed by atoms with Crippen LogP contribution in [0.15, 0.2) is 5.16 Å². The molecule has 0 aromatic heterocycles. The number of ketones is 1. The van der Waals surface area contributed by atoms with Gasteiger partial charge in [-0.1, -0.05) is 32.3 Å². The van der Waals surface area contributed by atoms with Crippen molar-refractivity contribution in [3.8, 4) is 0 Å². The van der Waals surface area contributed by atoms with E-state index >= 15 is 0 Å². The van der Waals surface area contributed by atoms with Crippen molar-refractivity contribution >= 4 is 17.5 Å². The van der Waals surface area contributed by atoms with Crippen LogP contribution in [0.25, 0.3) is 0 Å². The molecular formula is C16H27NO4. The second-order valence-electron chi connectivity index (χ2n) is 6.19. The number of esters is 1. The van der Waals surface area contributed by atoms with E-state index in [1.807, 2.05) is 0 Å². The number of carbonyl (C=O) groups excluding carboxylic acids is 2. The number of Topliss-reactive ketones (excluding diaryl/α,β-unsaturated/α-hetero) is 1. The summed E-state index contributed by atoms with van der Waals surface area (Å²) in [5, 5.41) is 3.83. The third-order valence-electron chi connectivity index (χ3n) is 4.04. The highest BCUT2D eigenvalue weighted by molar-refractivity contribution is 6.63. The molecule has 0 aromatic carbocycles. The van der Waals surface area contributed by atoms with Crippen LogP contribution in [-0.4, -0.2) is 30.2 Å². The lowest BCUT2D eigenvalue weighted by Crippen LogP contribution is -2.34. The van der Waals surface area contributed by atoms with Crippen molar-refractivity contribution in [1.29, 1.82) is 0 Å². The normalized spacial score (nSPS) is 26.6. The summed E-state index contributed by atoms with van der Waals surface area (Å²) >= 11 is 0. The monoisotopic (exact) mass is 297 g/mol. The summed E-state index contributed by atoms with van der Waals surface area (Å²) in [6, 6.07) is 0. The van der Waals surface area contributed by atoms with Gasteiger partial charge in [0, 0.05) is 12.8 Å². The van der Waals surface area contributed by atoms with E-state index < -0.39 is 11.8 Å². The van der Waals surface area contributed by atoms with Gasteiger partial charge in [-0.25, -0.2) is 4.79 Å². The maximum absolute atomic E-state index is 11.7. The van der Waals surface area contributed by atoms with Crippen molar-refractivity contribution in [2.24, 2.45) is 22.9 Å². The average molecular weight is 297 g/mol. The predicted octanol–water partition coefficient (Wildman–Crippen LogP) is 2.97. The minimum Gasteiger partial charge on any atom is -0.461 e. The molecule has 0 saturated heterocycles. The number of rotatable bonds is 6. The van der Waals surface area contributed by atoms with Gasteiger partial charge in [0.15, 0.2) is 5.78 Å². The summed E-state index contributed by atoms with van der Waals surface area (Å²) < 4.78 is 4.83. The second-order valence-corrected chi connectivity index (χ2v) is 6.19. The van der Waals surface area contributed by atoms with Crippen molar-refractivity contribution in [3.63, 3.8) is 0 Å². The first kappa shape index (κ1) is 17.7. The number of nitrogens with zero attached hydrogens (tertiary/aromatic N) is 1. The molecule has 0 radical (unpaired) electrons. The molecule has 0 N–H and O–H groups in total. The van der Waals surface area contributed by atoms with Crippen LogP contribution in [0.2, 0.25) is 0 Å². The van der Waals surface area contributed by atoms with Gasteiger partial charge in [-0.05, 0) is 31.6 Å². The zero-order valence-electron chi connectivity index (χ0n) is 13.7. The quantitative estimate of drug-likeness (QED) is 0.327. The maximum Gasteiger partial charge on any atom is 0.364 e. The zero-order valence-corrected chi connectivity index (χ0v) is 13.7. The number of carbonyl (C=O) groups is 2. The lowest BCUT2D eigenvalue weighted by Gasteiger charge is -2.35. The highest BCUT2D eigenvalue weighted by Gasteiger charge is 2.33. The summed E-state index contributed by atoms with van der Waals surface area (Å²) in [6.07, 6.45) is 3.13. The summed E-state index contributed by atoms with van der Waals surface area (Å²) in [5.74, 6) is 0.318. The van der Waals surface area contributed by atoms with Gasteiger partial charge < -0.3 is 9.57 Å². The zero-order chi connectivity index (χ0) is 16.0. The Morgan fingerprint density at radius 1 is 1.29 bits per heavy atom. The van der Waals surface area contributed by atoms with Gasteiger partial charge >= 0.3 is 5.97 Å². The molecule has 0 heterocycles. The maximum atomic E-state index is 11.7. The molecule has 0 unspecified atom stereocenters.